The fourth-order valence-electron chi connectivity index (χ4n) is 2.91. The number of hydrogen-bond donors (Lipinski definition) is 2. The molecule has 0 aliphatic heterocycles. The van der Waals surface area contributed by atoms with Crippen molar-refractivity contribution < 1.29 is 31.9 Å². The van der Waals surface area contributed by atoms with Crippen LogP contribution in [0.25, 0.3) is 0 Å². The summed E-state index contributed by atoms with van der Waals surface area (Å²) in [5.74, 6) is -2.06. The molecule has 6 nitrogen and oxygen atoms in total. The van der Waals surface area contributed by atoms with Crippen molar-refractivity contribution in [2.45, 2.75) is 19.2 Å². The molecule has 0 bridgehead atoms. The number of nitrogens with zero attached hydrogens (tertiary/aromatic N) is 1. The van der Waals surface area contributed by atoms with Crippen LogP contribution in [0.15, 0.2) is 66.7 Å². The molecule has 0 fully saturated rings. The fourth-order valence-corrected chi connectivity index (χ4v) is 2.91. The third kappa shape index (κ3) is 5.89. The summed E-state index contributed by atoms with van der Waals surface area (Å²) in [6, 6.07) is 15.3. The van der Waals surface area contributed by atoms with Crippen LogP contribution in [0.2, 0.25) is 0 Å². The number of ether oxygens (including phenoxy) is 1. The summed E-state index contributed by atoms with van der Waals surface area (Å²) in [5.41, 5.74) is -1.69. The Bertz CT molecular complexity index is 1250. The number of benzene rings is 3. The third-order valence-corrected chi connectivity index (χ3v) is 4.63. The number of carbonyl (C=O) groups excluding carboxylic acids is 2. The number of hydrogen-bond acceptors (Lipinski definition) is 4. The first-order valence-corrected chi connectivity index (χ1v) is 9.83. The van der Waals surface area contributed by atoms with E-state index >= 15 is 0 Å². The molecule has 1 unspecified atom stereocenters. The molecule has 0 radical (unpaired) electrons. The van der Waals surface area contributed by atoms with Crippen molar-refractivity contribution in [3.05, 3.63) is 89.2 Å². The number of halogens is 4. The van der Waals surface area contributed by atoms with Gasteiger partial charge in [0.1, 0.15) is 17.6 Å². The van der Waals surface area contributed by atoms with E-state index in [1.807, 2.05) is 6.07 Å². The number of alkyl halides is 3. The van der Waals surface area contributed by atoms with Gasteiger partial charge in [0.25, 0.3) is 11.8 Å². The first-order valence-electron chi connectivity index (χ1n) is 9.83. The van der Waals surface area contributed by atoms with Crippen LogP contribution >= 0.6 is 0 Å². The zero-order valence-electron chi connectivity index (χ0n) is 17.6. The number of rotatable bonds is 6. The summed E-state index contributed by atoms with van der Waals surface area (Å²) >= 11 is 0. The normalized spacial score (nSPS) is 11.8. The van der Waals surface area contributed by atoms with Crippen molar-refractivity contribution in [1.82, 2.24) is 0 Å². The quantitative estimate of drug-likeness (QED) is 0.473. The van der Waals surface area contributed by atoms with Gasteiger partial charge in [-0.1, -0.05) is 12.1 Å². The maximum Gasteiger partial charge on any atom is 0.418 e. The van der Waals surface area contributed by atoms with Crippen LogP contribution in [0, 0.1) is 17.1 Å². The van der Waals surface area contributed by atoms with Gasteiger partial charge in [-0.05, 0) is 61.5 Å². The Morgan fingerprint density at radius 3 is 2.32 bits per heavy atom. The zero-order valence-corrected chi connectivity index (χ0v) is 17.6. The summed E-state index contributed by atoms with van der Waals surface area (Å²) in [4.78, 5) is 24.7. The van der Waals surface area contributed by atoms with Gasteiger partial charge in [0.15, 0.2) is 6.10 Å². The van der Waals surface area contributed by atoms with E-state index in [4.69, 9.17) is 10.00 Å². The molecule has 3 rings (SSSR count). The number of anilines is 2. The SMILES string of the molecule is CC(Oc1ccccc1C#N)C(=O)Nc1ccc(NC(=O)c2ccc(F)cc2)cc1C(F)(F)F. The zero-order chi connectivity index (χ0) is 24.9. The molecule has 3 aromatic rings. The van der Waals surface area contributed by atoms with Crippen LogP contribution in [0.3, 0.4) is 0 Å². The average molecular weight is 471 g/mol. The first kappa shape index (κ1) is 24.3. The lowest BCUT2D eigenvalue weighted by Gasteiger charge is -2.19. The second-order valence-corrected chi connectivity index (χ2v) is 7.08. The topological polar surface area (TPSA) is 91.2 Å². The van der Waals surface area contributed by atoms with Crippen LogP contribution < -0.4 is 15.4 Å². The van der Waals surface area contributed by atoms with E-state index in [9.17, 15) is 27.2 Å². The smallest absolute Gasteiger partial charge is 0.418 e. The lowest BCUT2D eigenvalue weighted by atomic mass is 10.1. The maximum absolute atomic E-state index is 13.7. The predicted octanol–water partition coefficient (Wildman–Crippen LogP) is 5.37. The van der Waals surface area contributed by atoms with Crippen molar-refractivity contribution in [2.75, 3.05) is 10.6 Å². The van der Waals surface area contributed by atoms with Crippen LogP contribution in [0.5, 0.6) is 5.75 Å². The van der Waals surface area contributed by atoms with E-state index in [0.29, 0.717) is 6.07 Å². The Kier molecular flexibility index (Phi) is 7.16. The molecule has 0 heterocycles. The monoisotopic (exact) mass is 471 g/mol. The summed E-state index contributed by atoms with van der Waals surface area (Å²) in [6.45, 7) is 1.33. The molecule has 0 saturated carbocycles. The molecular formula is C24H17F4N3O3. The summed E-state index contributed by atoms with van der Waals surface area (Å²) in [6.07, 6.45) is -6.06. The molecule has 1 atom stereocenters. The van der Waals surface area contributed by atoms with Gasteiger partial charge in [0.2, 0.25) is 0 Å². The molecule has 34 heavy (non-hydrogen) atoms. The van der Waals surface area contributed by atoms with Gasteiger partial charge in [-0.3, -0.25) is 9.59 Å². The van der Waals surface area contributed by atoms with Gasteiger partial charge in [-0.25, -0.2) is 4.39 Å². The standard InChI is InChI=1S/C24H17F4N3O3/c1-14(34-21-5-3-2-4-16(21)13-29)22(32)31-20-11-10-18(12-19(20)24(26,27)28)30-23(33)15-6-8-17(25)9-7-15/h2-12,14H,1H3,(H,30,33)(H,31,32). The highest BCUT2D eigenvalue weighted by atomic mass is 19.4. The second kappa shape index (κ2) is 10.0. The Morgan fingerprint density at radius 1 is 1.00 bits per heavy atom. The van der Waals surface area contributed by atoms with Gasteiger partial charge < -0.3 is 15.4 Å². The molecule has 3 aromatic carbocycles. The number of carbonyl (C=O) groups is 2. The molecular weight excluding hydrogens is 454 g/mol. The number of nitriles is 1. The van der Waals surface area contributed by atoms with Gasteiger partial charge in [-0.2, -0.15) is 18.4 Å². The fraction of sp³-hybridized carbons (Fsp3) is 0.125. The van der Waals surface area contributed by atoms with Crippen molar-refractivity contribution in [2.24, 2.45) is 0 Å². The predicted molar refractivity (Wildman–Crippen MR) is 116 cm³/mol. The molecule has 2 N–H and O–H groups in total. The molecule has 0 aliphatic carbocycles. The lowest BCUT2D eigenvalue weighted by molar-refractivity contribution is -0.137. The minimum Gasteiger partial charge on any atom is -0.480 e. The van der Waals surface area contributed by atoms with E-state index in [2.05, 4.69) is 10.6 Å². The van der Waals surface area contributed by atoms with Crippen LogP contribution in [-0.4, -0.2) is 17.9 Å². The highest BCUT2D eigenvalue weighted by Crippen LogP contribution is 2.37. The molecule has 0 aromatic heterocycles. The summed E-state index contributed by atoms with van der Waals surface area (Å²) < 4.78 is 59.4. The number of para-hydroxylation sites is 1. The molecule has 174 valence electrons. The van der Waals surface area contributed by atoms with Crippen molar-refractivity contribution in [1.29, 1.82) is 5.26 Å². The third-order valence-electron chi connectivity index (χ3n) is 4.63. The lowest BCUT2D eigenvalue weighted by Crippen LogP contribution is -2.31. The van der Waals surface area contributed by atoms with Gasteiger partial charge >= 0.3 is 6.18 Å². The number of nitrogens with one attached hydrogen (secondary N) is 2. The molecule has 0 saturated heterocycles. The van der Waals surface area contributed by atoms with Gasteiger partial charge in [-0.15, -0.1) is 0 Å². The first-order chi connectivity index (χ1) is 16.1. The second-order valence-electron chi connectivity index (χ2n) is 7.08. The number of amides is 2. The van der Waals surface area contributed by atoms with E-state index in [1.54, 1.807) is 12.1 Å². The van der Waals surface area contributed by atoms with E-state index in [-0.39, 0.29) is 22.6 Å². The maximum atomic E-state index is 13.7. The molecule has 0 spiro atoms. The molecule has 0 aliphatic rings. The highest BCUT2D eigenvalue weighted by Gasteiger charge is 2.35. The van der Waals surface area contributed by atoms with Crippen molar-refractivity contribution in [3.63, 3.8) is 0 Å². The molecule has 10 heteroatoms. The largest absolute Gasteiger partial charge is 0.480 e. The van der Waals surface area contributed by atoms with E-state index in [1.165, 1.54) is 37.3 Å². The Labute approximate surface area is 191 Å². The van der Waals surface area contributed by atoms with Crippen LogP contribution in [0.4, 0.5) is 28.9 Å². The Hall–Kier alpha value is -4.39. The van der Waals surface area contributed by atoms with Crippen molar-refractivity contribution >= 4 is 23.2 Å². The summed E-state index contributed by atoms with van der Waals surface area (Å²) in [7, 11) is 0. The van der Waals surface area contributed by atoms with Crippen LogP contribution in [0.1, 0.15) is 28.4 Å². The minimum atomic E-state index is -4.85. The Balaban J connectivity index is 1.78. The van der Waals surface area contributed by atoms with E-state index < -0.39 is 41.2 Å². The van der Waals surface area contributed by atoms with Crippen LogP contribution in [-0.2, 0) is 11.0 Å². The average Bonchev–Trinajstić information content (AvgIpc) is 2.80. The van der Waals surface area contributed by atoms with Gasteiger partial charge in [0, 0.05) is 11.3 Å². The minimum absolute atomic E-state index is 0.0518. The molecule has 2 amide bonds. The highest BCUT2D eigenvalue weighted by molar-refractivity contribution is 6.04. The van der Waals surface area contributed by atoms with Crippen molar-refractivity contribution in [3.8, 4) is 11.8 Å². The van der Waals surface area contributed by atoms with E-state index in [0.717, 1.165) is 18.2 Å². The summed E-state index contributed by atoms with van der Waals surface area (Å²) in [5, 5.41) is 13.6. The Morgan fingerprint density at radius 2 is 1.68 bits per heavy atom. The van der Waals surface area contributed by atoms with Gasteiger partial charge in [0.05, 0.1) is 16.8 Å².